The van der Waals surface area contributed by atoms with E-state index < -0.39 is 0 Å². The summed E-state index contributed by atoms with van der Waals surface area (Å²) >= 11 is 1.90. The quantitative estimate of drug-likeness (QED) is 0.774. The van der Waals surface area contributed by atoms with Gasteiger partial charge in [0.15, 0.2) is 0 Å². The van der Waals surface area contributed by atoms with Gasteiger partial charge in [-0.15, -0.1) is 11.8 Å². The van der Waals surface area contributed by atoms with Crippen molar-refractivity contribution in [3.8, 4) is 0 Å². The molecule has 0 saturated carbocycles. The van der Waals surface area contributed by atoms with Crippen LogP contribution in [0.15, 0.2) is 29.2 Å². The lowest BCUT2D eigenvalue weighted by atomic mass is 10.2. The Bertz CT molecular complexity index is 271. The fourth-order valence-electron chi connectivity index (χ4n) is 1.24. The molecule has 0 heterocycles. The molecule has 0 fully saturated rings. The Kier molecular flexibility index (Phi) is 4.02. The molecule has 1 aromatic rings. The molecule has 0 spiro atoms. The van der Waals surface area contributed by atoms with Gasteiger partial charge in [-0.1, -0.05) is 32.9 Å². The summed E-state index contributed by atoms with van der Waals surface area (Å²) in [5.74, 6) is 0. The molecule has 78 valence electrons. The molecule has 14 heavy (non-hydrogen) atoms. The Hall–Kier alpha value is -0.470. The van der Waals surface area contributed by atoms with Gasteiger partial charge >= 0.3 is 0 Å². The first kappa shape index (κ1) is 11.6. The minimum absolute atomic E-state index is 0.287. The van der Waals surface area contributed by atoms with Crippen molar-refractivity contribution >= 4 is 11.8 Å². The topological polar surface area (TPSA) is 26.0 Å². The monoisotopic (exact) mass is 209 g/mol. The van der Waals surface area contributed by atoms with Gasteiger partial charge in [-0.2, -0.15) is 0 Å². The van der Waals surface area contributed by atoms with Crippen LogP contribution in [0.4, 0.5) is 0 Å². The second-order valence-electron chi connectivity index (χ2n) is 4.40. The fourth-order valence-corrected chi connectivity index (χ4v) is 2.22. The Morgan fingerprint density at radius 2 is 1.71 bits per heavy atom. The molecule has 2 heteroatoms. The van der Waals surface area contributed by atoms with Crippen molar-refractivity contribution in [2.24, 2.45) is 5.73 Å². The van der Waals surface area contributed by atoms with Crippen LogP contribution in [0.5, 0.6) is 0 Å². The molecule has 0 unspecified atom stereocenters. The molecule has 0 aliphatic rings. The van der Waals surface area contributed by atoms with Crippen molar-refractivity contribution in [2.45, 2.75) is 36.8 Å². The maximum Gasteiger partial charge on any atom is 0.0122 e. The van der Waals surface area contributed by atoms with E-state index in [1.807, 2.05) is 11.8 Å². The Morgan fingerprint density at radius 3 is 2.14 bits per heavy atom. The number of hydrogen-bond donors (Lipinski definition) is 1. The summed E-state index contributed by atoms with van der Waals surface area (Å²) in [6.07, 6.45) is 0.973. The molecule has 0 bridgehead atoms. The van der Waals surface area contributed by atoms with Gasteiger partial charge in [-0.05, 0) is 30.7 Å². The molecule has 0 radical (unpaired) electrons. The average molecular weight is 209 g/mol. The van der Waals surface area contributed by atoms with Crippen LogP contribution in [0.3, 0.4) is 0 Å². The van der Waals surface area contributed by atoms with E-state index in [-0.39, 0.29) is 4.75 Å². The molecule has 2 N–H and O–H groups in total. The molecular weight excluding hydrogens is 190 g/mol. The molecule has 1 aromatic carbocycles. The number of nitrogens with two attached hydrogens (primary N) is 1. The minimum Gasteiger partial charge on any atom is -0.330 e. The Labute approximate surface area is 91.1 Å². The maximum atomic E-state index is 5.50. The third-order valence-corrected chi connectivity index (χ3v) is 2.90. The van der Waals surface area contributed by atoms with Gasteiger partial charge in [-0.25, -0.2) is 0 Å². The zero-order valence-electron chi connectivity index (χ0n) is 9.21. The van der Waals surface area contributed by atoms with Gasteiger partial charge in [0, 0.05) is 9.64 Å². The normalized spacial score (nSPS) is 11.7. The molecule has 0 aromatic heterocycles. The van der Waals surface area contributed by atoms with Crippen LogP contribution in [0, 0.1) is 0 Å². The smallest absolute Gasteiger partial charge is 0.0122 e. The SMILES string of the molecule is CC(C)(C)Sc1ccc(CCN)cc1. The van der Waals surface area contributed by atoms with Crippen molar-refractivity contribution < 1.29 is 0 Å². The van der Waals surface area contributed by atoms with Crippen molar-refractivity contribution in [3.63, 3.8) is 0 Å². The highest BCUT2D eigenvalue weighted by Crippen LogP contribution is 2.31. The second kappa shape index (κ2) is 4.85. The molecule has 0 saturated heterocycles. The van der Waals surface area contributed by atoms with Crippen LogP contribution < -0.4 is 5.73 Å². The summed E-state index contributed by atoms with van der Waals surface area (Å²) in [4.78, 5) is 1.33. The van der Waals surface area contributed by atoms with E-state index in [1.54, 1.807) is 0 Å². The van der Waals surface area contributed by atoms with Crippen LogP contribution in [0.25, 0.3) is 0 Å². The first-order chi connectivity index (χ1) is 6.51. The first-order valence-electron chi connectivity index (χ1n) is 4.99. The minimum atomic E-state index is 0.287. The van der Waals surface area contributed by atoms with Crippen molar-refractivity contribution in [1.29, 1.82) is 0 Å². The highest BCUT2D eigenvalue weighted by atomic mass is 32.2. The lowest BCUT2D eigenvalue weighted by molar-refractivity contribution is 0.802. The van der Waals surface area contributed by atoms with Crippen molar-refractivity contribution in [1.82, 2.24) is 0 Å². The molecule has 0 atom stereocenters. The predicted molar refractivity (Wildman–Crippen MR) is 64.8 cm³/mol. The zero-order valence-corrected chi connectivity index (χ0v) is 10.0. The zero-order chi connectivity index (χ0) is 10.6. The van der Waals surface area contributed by atoms with Gasteiger partial charge in [0.05, 0.1) is 0 Å². The van der Waals surface area contributed by atoms with Crippen LogP contribution in [-0.4, -0.2) is 11.3 Å². The molecule has 0 aliphatic heterocycles. The van der Waals surface area contributed by atoms with Crippen LogP contribution in [0.2, 0.25) is 0 Å². The van der Waals surface area contributed by atoms with E-state index in [9.17, 15) is 0 Å². The van der Waals surface area contributed by atoms with E-state index >= 15 is 0 Å². The third-order valence-electron chi connectivity index (χ3n) is 1.78. The molecule has 1 nitrogen and oxygen atoms in total. The first-order valence-corrected chi connectivity index (χ1v) is 5.81. The highest BCUT2D eigenvalue weighted by molar-refractivity contribution is 8.00. The van der Waals surface area contributed by atoms with E-state index in [0.29, 0.717) is 0 Å². The average Bonchev–Trinajstić information content (AvgIpc) is 2.06. The van der Waals surface area contributed by atoms with Crippen LogP contribution in [-0.2, 0) is 6.42 Å². The molecule has 0 amide bonds. The Balaban J connectivity index is 2.64. The summed E-state index contributed by atoms with van der Waals surface area (Å²) in [7, 11) is 0. The summed E-state index contributed by atoms with van der Waals surface area (Å²) < 4.78 is 0.287. The number of hydrogen-bond acceptors (Lipinski definition) is 2. The van der Waals surface area contributed by atoms with Gasteiger partial charge in [0.25, 0.3) is 0 Å². The number of thioether (sulfide) groups is 1. The van der Waals surface area contributed by atoms with Gasteiger partial charge in [0.1, 0.15) is 0 Å². The summed E-state index contributed by atoms with van der Waals surface area (Å²) in [6, 6.07) is 8.70. The standard InChI is InChI=1S/C12H19NS/c1-12(2,3)14-11-6-4-10(5-7-11)8-9-13/h4-7H,8-9,13H2,1-3H3. The lowest BCUT2D eigenvalue weighted by Crippen LogP contribution is -2.06. The van der Waals surface area contributed by atoms with Gasteiger partial charge in [0.2, 0.25) is 0 Å². The van der Waals surface area contributed by atoms with E-state index in [0.717, 1.165) is 13.0 Å². The van der Waals surface area contributed by atoms with E-state index in [1.165, 1.54) is 10.5 Å². The summed E-state index contributed by atoms with van der Waals surface area (Å²) in [5.41, 5.74) is 6.82. The van der Waals surface area contributed by atoms with Crippen molar-refractivity contribution in [2.75, 3.05) is 6.54 Å². The van der Waals surface area contributed by atoms with Crippen molar-refractivity contribution in [3.05, 3.63) is 29.8 Å². The third kappa shape index (κ3) is 4.16. The number of benzene rings is 1. The van der Waals surface area contributed by atoms with Crippen LogP contribution in [0.1, 0.15) is 26.3 Å². The molecule has 1 rings (SSSR count). The highest BCUT2D eigenvalue weighted by Gasteiger charge is 2.11. The van der Waals surface area contributed by atoms with E-state index in [2.05, 4.69) is 45.0 Å². The molecule has 0 aliphatic carbocycles. The van der Waals surface area contributed by atoms with Gasteiger partial charge < -0.3 is 5.73 Å². The Morgan fingerprint density at radius 1 is 1.14 bits per heavy atom. The maximum absolute atomic E-state index is 5.50. The van der Waals surface area contributed by atoms with E-state index in [4.69, 9.17) is 5.73 Å². The lowest BCUT2D eigenvalue weighted by Gasteiger charge is -2.17. The van der Waals surface area contributed by atoms with Gasteiger partial charge in [-0.3, -0.25) is 0 Å². The fraction of sp³-hybridized carbons (Fsp3) is 0.500. The second-order valence-corrected chi connectivity index (χ2v) is 6.30. The van der Waals surface area contributed by atoms with Crippen LogP contribution >= 0.6 is 11.8 Å². The largest absolute Gasteiger partial charge is 0.330 e. The predicted octanol–water partition coefficient (Wildman–Crippen LogP) is 3.08. The summed E-state index contributed by atoms with van der Waals surface area (Å²) in [6.45, 7) is 7.41. The summed E-state index contributed by atoms with van der Waals surface area (Å²) in [5, 5.41) is 0. The molecular formula is C12H19NS. The number of rotatable bonds is 3.